The molecule has 0 spiro atoms. The number of rotatable bonds is 23. The van der Waals surface area contributed by atoms with Crippen molar-refractivity contribution in [3.63, 3.8) is 0 Å². The molecule has 0 saturated heterocycles. The smallest absolute Gasteiger partial charge is 0.0703 e. The summed E-state index contributed by atoms with van der Waals surface area (Å²) in [6.45, 7) is 17.1. The van der Waals surface area contributed by atoms with Gasteiger partial charge in [-0.2, -0.15) is 0 Å². The number of hydrogen-bond acceptors (Lipinski definition) is 7. The Balaban J connectivity index is 3.03. The van der Waals surface area contributed by atoms with Crippen LogP contribution in [-0.4, -0.2) is 91.9 Å². The van der Waals surface area contributed by atoms with E-state index in [4.69, 9.17) is 28.4 Å². The molecule has 170 valence electrons. The lowest BCUT2D eigenvalue weighted by molar-refractivity contribution is -0.0211. The Labute approximate surface area is 172 Å². The van der Waals surface area contributed by atoms with Crippen molar-refractivity contribution in [1.29, 1.82) is 0 Å². The Morgan fingerprint density at radius 3 is 1.46 bits per heavy atom. The third-order valence-electron chi connectivity index (χ3n) is 3.86. The van der Waals surface area contributed by atoms with Crippen LogP contribution in [0.15, 0.2) is 0 Å². The first-order valence-electron chi connectivity index (χ1n) is 10.9. The lowest BCUT2D eigenvalue weighted by Gasteiger charge is -2.11. The van der Waals surface area contributed by atoms with E-state index in [1.807, 2.05) is 13.8 Å². The molecule has 0 saturated carbocycles. The summed E-state index contributed by atoms with van der Waals surface area (Å²) in [7, 11) is 0. The third-order valence-corrected chi connectivity index (χ3v) is 3.86. The molecular weight excluding hydrogens is 362 g/mol. The summed E-state index contributed by atoms with van der Waals surface area (Å²) in [6, 6.07) is 0. The van der Waals surface area contributed by atoms with Gasteiger partial charge in [0.1, 0.15) is 0 Å². The highest BCUT2D eigenvalue weighted by Crippen LogP contribution is 2.02. The minimum Gasteiger partial charge on any atom is -0.378 e. The molecule has 0 aromatic carbocycles. The average Bonchev–Trinajstić information content (AvgIpc) is 2.66. The second-order valence-corrected chi connectivity index (χ2v) is 7.08. The van der Waals surface area contributed by atoms with Crippen LogP contribution in [0.3, 0.4) is 0 Å². The van der Waals surface area contributed by atoms with Gasteiger partial charge in [-0.1, -0.05) is 20.3 Å². The van der Waals surface area contributed by atoms with Crippen LogP contribution in [0, 0.1) is 5.92 Å². The summed E-state index contributed by atoms with van der Waals surface area (Å²) >= 11 is 0. The van der Waals surface area contributed by atoms with Crippen LogP contribution < -0.4 is 5.32 Å². The maximum atomic E-state index is 5.53. The fraction of sp³-hybridized carbons (Fsp3) is 1.00. The summed E-state index contributed by atoms with van der Waals surface area (Å²) in [5.74, 6) is 0.738. The summed E-state index contributed by atoms with van der Waals surface area (Å²) in [6.07, 6.45) is 2.77. The lowest BCUT2D eigenvalue weighted by atomic mass is 10.1. The molecule has 0 amide bonds. The van der Waals surface area contributed by atoms with Crippen LogP contribution in [0.25, 0.3) is 0 Å². The van der Waals surface area contributed by atoms with Crippen molar-refractivity contribution < 1.29 is 28.4 Å². The fourth-order valence-electron chi connectivity index (χ4n) is 2.41. The van der Waals surface area contributed by atoms with Crippen LogP contribution in [0.2, 0.25) is 0 Å². The molecule has 7 heteroatoms. The molecule has 7 nitrogen and oxygen atoms in total. The van der Waals surface area contributed by atoms with Crippen molar-refractivity contribution >= 4 is 0 Å². The number of hydrogen-bond donors (Lipinski definition) is 1. The SMILES string of the molecule is CCCC(C)CNCCOCCOCCOCCOCCOCCOC(C)C. The monoisotopic (exact) mass is 407 g/mol. The van der Waals surface area contributed by atoms with Crippen molar-refractivity contribution in [2.24, 2.45) is 5.92 Å². The normalized spacial score (nSPS) is 12.8. The Morgan fingerprint density at radius 2 is 1.04 bits per heavy atom. The van der Waals surface area contributed by atoms with Gasteiger partial charge in [-0.05, 0) is 32.7 Å². The summed E-state index contributed by atoms with van der Waals surface area (Å²) < 4.78 is 32.6. The molecule has 0 bridgehead atoms. The standard InChI is InChI=1S/C21H45NO6/c1-5-6-21(4)19-22-7-8-23-9-10-24-11-12-25-13-14-26-15-16-27-17-18-28-20(2)3/h20-22H,5-19H2,1-4H3. The maximum absolute atomic E-state index is 5.53. The Kier molecular flexibility index (Phi) is 22.8. The van der Waals surface area contributed by atoms with Gasteiger partial charge in [-0.25, -0.2) is 0 Å². The van der Waals surface area contributed by atoms with E-state index >= 15 is 0 Å². The minimum atomic E-state index is 0.250. The first kappa shape index (κ1) is 27.7. The van der Waals surface area contributed by atoms with Gasteiger partial charge in [0.2, 0.25) is 0 Å². The van der Waals surface area contributed by atoms with Crippen molar-refractivity contribution in [3.8, 4) is 0 Å². The minimum absolute atomic E-state index is 0.250. The predicted octanol–water partition coefficient (Wildman–Crippen LogP) is 2.52. The molecule has 0 rings (SSSR count). The summed E-state index contributed by atoms with van der Waals surface area (Å²) in [5, 5.41) is 3.42. The van der Waals surface area contributed by atoms with Gasteiger partial charge in [0.05, 0.1) is 78.8 Å². The molecule has 0 radical (unpaired) electrons. The highest BCUT2D eigenvalue weighted by atomic mass is 16.6. The van der Waals surface area contributed by atoms with E-state index in [-0.39, 0.29) is 6.10 Å². The van der Waals surface area contributed by atoms with Gasteiger partial charge in [-0.15, -0.1) is 0 Å². The lowest BCUT2D eigenvalue weighted by Crippen LogP contribution is -2.25. The van der Waals surface area contributed by atoms with Crippen molar-refractivity contribution in [2.75, 3.05) is 85.8 Å². The highest BCUT2D eigenvalue weighted by Gasteiger charge is 1.99. The van der Waals surface area contributed by atoms with Gasteiger partial charge in [0, 0.05) is 6.54 Å². The van der Waals surface area contributed by atoms with Gasteiger partial charge >= 0.3 is 0 Å². The van der Waals surface area contributed by atoms with Gasteiger partial charge in [-0.3, -0.25) is 0 Å². The summed E-state index contributed by atoms with van der Waals surface area (Å²) in [4.78, 5) is 0. The van der Waals surface area contributed by atoms with E-state index in [2.05, 4.69) is 19.2 Å². The molecule has 0 aromatic heterocycles. The maximum Gasteiger partial charge on any atom is 0.0703 e. The van der Waals surface area contributed by atoms with E-state index in [9.17, 15) is 0 Å². The van der Waals surface area contributed by atoms with Gasteiger partial charge in [0.25, 0.3) is 0 Å². The number of nitrogens with one attached hydrogen (secondary N) is 1. The van der Waals surface area contributed by atoms with E-state index in [0.29, 0.717) is 66.1 Å². The average molecular weight is 408 g/mol. The Morgan fingerprint density at radius 1 is 0.607 bits per heavy atom. The second kappa shape index (κ2) is 23.0. The summed E-state index contributed by atoms with van der Waals surface area (Å²) in [5.41, 5.74) is 0. The largest absolute Gasteiger partial charge is 0.378 e. The van der Waals surface area contributed by atoms with Crippen LogP contribution in [0.4, 0.5) is 0 Å². The van der Waals surface area contributed by atoms with Crippen LogP contribution in [0.5, 0.6) is 0 Å². The Hall–Kier alpha value is -0.280. The fourth-order valence-corrected chi connectivity index (χ4v) is 2.41. The van der Waals surface area contributed by atoms with E-state index in [1.54, 1.807) is 0 Å². The highest BCUT2D eigenvalue weighted by molar-refractivity contribution is 4.55. The first-order chi connectivity index (χ1) is 13.7. The van der Waals surface area contributed by atoms with Gasteiger partial charge in [0.15, 0.2) is 0 Å². The molecule has 0 heterocycles. The number of ether oxygens (including phenoxy) is 6. The predicted molar refractivity (Wildman–Crippen MR) is 112 cm³/mol. The van der Waals surface area contributed by atoms with E-state index < -0.39 is 0 Å². The molecule has 1 unspecified atom stereocenters. The van der Waals surface area contributed by atoms with Crippen LogP contribution >= 0.6 is 0 Å². The zero-order valence-electron chi connectivity index (χ0n) is 18.7. The van der Waals surface area contributed by atoms with E-state index in [1.165, 1.54) is 12.8 Å². The molecule has 0 fully saturated rings. The second-order valence-electron chi connectivity index (χ2n) is 7.08. The molecule has 0 aliphatic rings. The molecule has 0 aliphatic carbocycles. The van der Waals surface area contributed by atoms with E-state index in [0.717, 1.165) is 25.6 Å². The van der Waals surface area contributed by atoms with Gasteiger partial charge < -0.3 is 33.7 Å². The van der Waals surface area contributed by atoms with Crippen LogP contribution in [0.1, 0.15) is 40.5 Å². The van der Waals surface area contributed by atoms with Crippen LogP contribution in [-0.2, 0) is 28.4 Å². The molecule has 0 aromatic rings. The zero-order chi connectivity index (χ0) is 20.7. The first-order valence-corrected chi connectivity index (χ1v) is 10.9. The Bertz CT molecular complexity index is 294. The topological polar surface area (TPSA) is 67.4 Å². The van der Waals surface area contributed by atoms with Crippen molar-refractivity contribution in [3.05, 3.63) is 0 Å². The zero-order valence-corrected chi connectivity index (χ0v) is 18.7. The molecule has 0 aliphatic heterocycles. The van der Waals surface area contributed by atoms with Crippen molar-refractivity contribution in [1.82, 2.24) is 5.32 Å². The third kappa shape index (κ3) is 23.8. The molecular formula is C21H45NO6. The molecule has 28 heavy (non-hydrogen) atoms. The van der Waals surface area contributed by atoms with Crippen molar-refractivity contribution in [2.45, 2.75) is 46.6 Å². The molecule has 1 atom stereocenters. The quantitative estimate of drug-likeness (QED) is 0.261. The molecule has 1 N–H and O–H groups in total.